The van der Waals surface area contributed by atoms with Crippen LogP contribution in [0, 0.1) is 5.82 Å². The number of aryl methyl sites for hydroxylation is 1. The van der Waals surface area contributed by atoms with Crippen LogP contribution in [0.25, 0.3) is 11.3 Å². The highest BCUT2D eigenvalue weighted by Gasteiger charge is 2.06. The topological polar surface area (TPSA) is 60.9 Å². The summed E-state index contributed by atoms with van der Waals surface area (Å²) in [5.41, 5.74) is 7.12. The highest BCUT2D eigenvalue weighted by atomic mass is 19.1. The van der Waals surface area contributed by atoms with E-state index in [4.69, 9.17) is 5.73 Å². The van der Waals surface area contributed by atoms with E-state index in [0.717, 1.165) is 5.56 Å². The Hall–Kier alpha value is -2.01. The molecule has 0 aliphatic carbocycles. The number of nitrogens with two attached hydrogens (primary N) is 1. The molecular formula is C12H12FN3O. The lowest BCUT2D eigenvalue weighted by Crippen LogP contribution is -2.25. The van der Waals surface area contributed by atoms with E-state index in [2.05, 4.69) is 5.10 Å². The molecule has 1 aromatic heterocycles. The van der Waals surface area contributed by atoms with Gasteiger partial charge in [0.1, 0.15) is 5.82 Å². The predicted molar refractivity (Wildman–Crippen MR) is 62.8 cm³/mol. The monoisotopic (exact) mass is 233 g/mol. The first-order chi connectivity index (χ1) is 8.11. The minimum absolute atomic E-state index is 0.156. The molecular weight excluding hydrogens is 221 g/mol. The van der Waals surface area contributed by atoms with Gasteiger partial charge in [-0.3, -0.25) is 4.79 Å². The van der Waals surface area contributed by atoms with Crippen LogP contribution in [0.3, 0.4) is 0 Å². The Morgan fingerprint density at radius 1 is 1.35 bits per heavy atom. The van der Waals surface area contributed by atoms with Crippen LogP contribution in [0.1, 0.15) is 5.56 Å². The molecule has 4 nitrogen and oxygen atoms in total. The van der Waals surface area contributed by atoms with Crippen LogP contribution in [-0.4, -0.2) is 9.78 Å². The maximum absolute atomic E-state index is 12.8. The Morgan fingerprint density at radius 2 is 2.00 bits per heavy atom. The Kier molecular flexibility index (Phi) is 3.01. The molecule has 0 aliphatic rings. The molecule has 1 aromatic carbocycles. The third kappa shape index (κ3) is 2.24. The summed E-state index contributed by atoms with van der Waals surface area (Å²) in [5.74, 6) is -0.308. The number of benzene rings is 1. The third-order valence-corrected chi connectivity index (χ3v) is 2.50. The number of hydrogen-bond acceptors (Lipinski definition) is 3. The zero-order chi connectivity index (χ0) is 12.4. The average molecular weight is 233 g/mol. The summed E-state index contributed by atoms with van der Waals surface area (Å²) in [7, 11) is 1.56. The summed E-state index contributed by atoms with van der Waals surface area (Å²) in [6, 6.07) is 7.56. The van der Waals surface area contributed by atoms with E-state index in [-0.39, 0.29) is 17.9 Å². The van der Waals surface area contributed by atoms with Gasteiger partial charge >= 0.3 is 0 Å². The number of aromatic nitrogens is 2. The quantitative estimate of drug-likeness (QED) is 0.843. The smallest absolute Gasteiger partial charge is 0.271 e. The molecule has 0 atom stereocenters. The van der Waals surface area contributed by atoms with Crippen molar-refractivity contribution >= 4 is 0 Å². The maximum atomic E-state index is 12.8. The van der Waals surface area contributed by atoms with Crippen molar-refractivity contribution in [1.29, 1.82) is 0 Å². The van der Waals surface area contributed by atoms with Crippen LogP contribution in [0.2, 0.25) is 0 Å². The van der Waals surface area contributed by atoms with Crippen molar-refractivity contribution in [3.63, 3.8) is 0 Å². The van der Waals surface area contributed by atoms with Gasteiger partial charge in [-0.1, -0.05) is 0 Å². The van der Waals surface area contributed by atoms with Gasteiger partial charge in [-0.15, -0.1) is 0 Å². The summed E-state index contributed by atoms with van der Waals surface area (Å²) in [6.45, 7) is 0.156. The molecule has 88 valence electrons. The van der Waals surface area contributed by atoms with Crippen LogP contribution in [0.15, 0.2) is 35.1 Å². The second-order valence-electron chi connectivity index (χ2n) is 3.69. The molecule has 0 saturated carbocycles. The molecule has 2 aromatic rings. The molecule has 0 fully saturated rings. The lowest BCUT2D eigenvalue weighted by molar-refractivity contribution is 0.628. The molecule has 2 N–H and O–H groups in total. The molecule has 17 heavy (non-hydrogen) atoms. The summed E-state index contributed by atoms with van der Waals surface area (Å²) >= 11 is 0. The van der Waals surface area contributed by atoms with Gasteiger partial charge in [-0.05, 0) is 30.3 Å². The first kappa shape index (κ1) is 11.5. The molecule has 0 bridgehead atoms. The fourth-order valence-electron chi connectivity index (χ4n) is 1.58. The van der Waals surface area contributed by atoms with Crippen LogP contribution in [-0.2, 0) is 13.6 Å². The van der Waals surface area contributed by atoms with Crippen molar-refractivity contribution in [3.05, 3.63) is 52.1 Å². The van der Waals surface area contributed by atoms with E-state index in [9.17, 15) is 9.18 Å². The fourth-order valence-corrected chi connectivity index (χ4v) is 1.58. The summed E-state index contributed by atoms with van der Waals surface area (Å²) in [4.78, 5) is 11.6. The molecule has 1 heterocycles. The van der Waals surface area contributed by atoms with Crippen molar-refractivity contribution < 1.29 is 4.39 Å². The molecule has 0 radical (unpaired) electrons. The second-order valence-corrected chi connectivity index (χ2v) is 3.69. The molecule has 2 rings (SSSR count). The summed E-state index contributed by atoms with van der Waals surface area (Å²) < 4.78 is 14.0. The van der Waals surface area contributed by atoms with Crippen molar-refractivity contribution in [2.75, 3.05) is 0 Å². The maximum Gasteiger partial charge on any atom is 0.271 e. The Labute approximate surface area is 97.5 Å². The van der Waals surface area contributed by atoms with Gasteiger partial charge in [0.25, 0.3) is 5.56 Å². The minimum atomic E-state index is -0.308. The standard InChI is InChI=1S/C12H12FN3O/c1-16-12(17)9(7-14)6-11(15-16)8-2-4-10(13)5-3-8/h2-6H,7,14H2,1H3. The van der Waals surface area contributed by atoms with Crippen LogP contribution in [0.4, 0.5) is 4.39 Å². The van der Waals surface area contributed by atoms with Crippen molar-refractivity contribution in [2.45, 2.75) is 6.54 Å². The number of hydrogen-bond donors (Lipinski definition) is 1. The first-order valence-electron chi connectivity index (χ1n) is 5.15. The Balaban J connectivity index is 2.56. The van der Waals surface area contributed by atoms with Gasteiger partial charge in [-0.2, -0.15) is 5.10 Å². The second kappa shape index (κ2) is 4.47. The minimum Gasteiger partial charge on any atom is -0.326 e. The highest BCUT2D eigenvalue weighted by Crippen LogP contribution is 2.16. The third-order valence-electron chi connectivity index (χ3n) is 2.50. The van der Waals surface area contributed by atoms with Crippen LogP contribution in [0.5, 0.6) is 0 Å². The van der Waals surface area contributed by atoms with Gasteiger partial charge in [-0.25, -0.2) is 9.07 Å². The zero-order valence-corrected chi connectivity index (χ0v) is 9.35. The molecule has 0 saturated heterocycles. The van der Waals surface area contributed by atoms with E-state index in [1.165, 1.54) is 16.8 Å². The number of nitrogens with zero attached hydrogens (tertiary/aromatic N) is 2. The fraction of sp³-hybridized carbons (Fsp3) is 0.167. The highest BCUT2D eigenvalue weighted by molar-refractivity contribution is 5.58. The Morgan fingerprint density at radius 3 is 2.59 bits per heavy atom. The molecule has 0 spiro atoms. The normalized spacial score (nSPS) is 10.5. The van der Waals surface area contributed by atoms with E-state index in [1.54, 1.807) is 25.2 Å². The van der Waals surface area contributed by atoms with Crippen LogP contribution < -0.4 is 11.3 Å². The molecule has 0 aliphatic heterocycles. The van der Waals surface area contributed by atoms with Crippen LogP contribution >= 0.6 is 0 Å². The Bertz CT molecular complexity index is 590. The van der Waals surface area contributed by atoms with Gasteiger partial charge in [0.15, 0.2) is 0 Å². The molecule has 0 unspecified atom stereocenters. The lowest BCUT2D eigenvalue weighted by atomic mass is 10.1. The molecule has 5 heteroatoms. The summed E-state index contributed by atoms with van der Waals surface area (Å²) in [6.07, 6.45) is 0. The SMILES string of the molecule is Cn1nc(-c2ccc(F)cc2)cc(CN)c1=O. The lowest BCUT2D eigenvalue weighted by Gasteiger charge is -2.06. The number of halogens is 1. The van der Waals surface area contributed by atoms with E-state index >= 15 is 0 Å². The van der Waals surface area contributed by atoms with Crippen molar-refractivity contribution in [1.82, 2.24) is 9.78 Å². The van der Waals surface area contributed by atoms with Crippen molar-refractivity contribution in [3.8, 4) is 11.3 Å². The van der Waals surface area contributed by atoms with Gasteiger partial charge in [0.2, 0.25) is 0 Å². The first-order valence-corrected chi connectivity index (χ1v) is 5.15. The van der Waals surface area contributed by atoms with E-state index in [0.29, 0.717) is 11.3 Å². The van der Waals surface area contributed by atoms with Crippen molar-refractivity contribution in [2.24, 2.45) is 12.8 Å². The number of rotatable bonds is 2. The van der Waals surface area contributed by atoms with Gasteiger partial charge in [0.05, 0.1) is 5.69 Å². The van der Waals surface area contributed by atoms with E-state index < -0.39 is 0 Å². The largest absolute Gasteiger partial charge is 0.326 e. The average Bonchev–Trinajstić information content (AvgIpc) is 2.33. The van der Waals surface area contributed by atoms with E-state index in [1.807, 2.05) is 0 Å². The van der Waals surface area contributed by atoms with Gasteiger partial charge in [0, 0.05) is 24.7 Å². The summed E-state index contributed by atoms with van der Waals surface area (Å²) in [5, 5.41) is 4.11. The molecule has 0 amide bonds. The predicted octanol–water partition coefficient (Wildman–Crippen LogP) is 1.05. The van der Waals surface area contributed by atoms with Gasteiger partial charge < -0.3 is 5.73 Å². The zero-order valence-electron chi connectivity index (χ0n) is 9.35.